The number of benzene rings is 2. The molecule has 0 aliphatic carbocycles. The first-order valence-electron chi connectivity index (χ1n) is 10.4. The smallest absolute Gasteiger partial charge is 0.340 e. The highest BCUT2D eigenvalue weighted by Gasteiger charge is 2.27. The van der Waals surface area contributed by atoms with Gasteiger partial charge < -0.3 is 29.0 Å². The molecule has 0 unspecified atom stereocenters. The maximum absolute atomic E-state index is 12.8. The summed E-state index contributed by atoms with van der Waals surface area (Å²) in [5.41, 5.74) is 0.176. The number of hydrogen-bond donors (Lipinski definition) is 1. The highest BCUT2D eigenvalue weighted by atomic mass is 35.5. The number of nitrogens with one attached hydrogen (secondary N) is 1. The monoisotopic (exact) mass is 528 g/mol. The van der Waals surface area contributed by atoms with Crippen LogP contribution in [0.1, 0.15) is 10.4 Å². The molecule has 1 N–H and O–H groups in total. The Morgan fingerprint density at radius 1 is 1.03 bits per heavy atom. The predicted molar refractivity (Wildman–Crippen MR) is 126 cm³/mol. The average Bonchev–Trinajstić information content (AvgIpc) is 2.87. The minimum atomic E-state index is -3.73. The minimum Gasteiger partial charge on any atom is -0.493 e. The van der Waals surface area contributed by atoms with Gasteiger partial charge >= 0.3 is 5.97 Å². The number of ether oxygens (including phenoxy) is 5. The lowest BCUT2D eigenvalue weighted by Gasteiger charge is -2.26. The Labute approximate surface area is 207 Å². The third kappa shape index (κ3) is 6.14. The van der Waals surface area contributed by atoms with Gasteiger partial charge in [-0.2, -0.15) is 4.31 Å². The molecule has 190 valence electrons. The fourth-order valence-corrected chi connectivity index (χ4v) is 5.02. The molecular weight excluding hydrogens is 504 g/mol. The number of carbonyl (C=O) groups excluding carboxylic acids is 2. The molecule has 2 aromatic carbocycles. The topological polar surface area (TPSA) is 130 Å². The molecule has 1 fully saturated rings. The lowest BCUT2D eigenvalue weighted by molar-refractivity contribution is -0.118. The van der Waals surface area contributed by atoms with Crippen molar-refractivity contribution < 1.29 is 41.7 Å². The maximum atomic E-state index is 12.8. The maximum Gasteiger partial charge on any atom is 0.340 e. The Morgan fingerprint density at radius 3 is 2.29 bits per heavy atom. The first-order chi connectivity index (χ1) is 16.7. The van der Waals surface area contributed by atoms with Crippen molar-refractivity contribution in [2.45, 2.75) is 4.90 Å². The Hall–Kier alpha value is -3.06. The largest absolute Gasteiger partial charge is 0.493 e. The van der Waals surface area contributed by atoms with Gasteiger partial charge in [0.2, 0.25) is 10.0 Å². The number of anilines is 1. The number of amides is 1. The molecule has 0 saturated carbocycles. The van der Waals surface area contributed by atoms with Gasteiger partial charge in [-0.25, -0.2) is 13.2 Å². The minimum absolute atomic E-state index is 0.00856. The van der Waals surface area contributed by atoms with Crippen LogP contribution in [0.2, 0.25) is 5.02 Å². The van der Waals surface area contributed by atoms with E-state index in [2.05, 4.69) is 5.32 Å². The van der Waals surface area contributed by atoms with Crippen LogP contribution in [-0.2, 0) is 24.3 Å². The van der Waals surface area contributed by atoms with E-state index in [0.717, 1.165) is 0 Å². The summed E-state index contributed by atoms with van der Waals surface area (Å²) in [5.74, 6) is -0.619. The molecule has 3 rings (SSSR count). The Kier molecular flexibility index (Phi) is 8.78. The summed E-state index contributed by atoms with van der Waals surface area (Å²) in [7, 11) is 0.295. The summed E-state index contributed by atoms with van der Waals surface area (Å²) < 4.78 is 52.7. The van der Waals surface area contributed by atoms with Gasteiger partial charge in [-0.05, 0) is 18.2 Å². The number of hydrogen-bond acceptors (Lipinski definition) is 9. The highest BCUT2D eigenvalue weighted by molar-refractivity contribution is 7.89. The number of rotatable bonds is 9. The van der Waals surface area contributed by atoms with E-state index >= 15 is 0 Å². The quantitative estimate of drug-likeness (QED) is 0.487. The van der Waals surface area contributed by atoms with Crippen LogP contribution in [0.5, 0.6) is 17.2 Å². The molecule has 0 bridgehead atoms. The normalized spacial score (nSPS) is 14.2. The zero-order valence-electron chi connectivity index (χ0n) is 19.3. The number of nitrogens with zero attached hydrogens (tertiary/aromatic N) is 1. The number of halogens is 1. The van der Waals surface area contributed by atoms with Crippen molar-refractivity contribution in [1.29, 1.82) is 0 Å². The van der Waals surface area contributed by atoms with Crippen LogP contribution in [0, 0.1) is 0 Å². The third-order valence-electron chi connectivity index (χ3n) is 5.07. The van der Waals surface area contributed by atoms with Crippen molar-refractivity contribution >= 4 is 39.2 Å². The van der Waals surface area contributed by atoms with E-state index in [0.29, 0.717) is 13.2 Å². The second kappa shape index (κ2) is 11.6. The Morgan fingerprint density at radius 2 is 1.69 bits per heavy atom. The van der Waals surface area contributed by atoms with Gasteiger partial charge in [-0.15, -0.1) is 0 Å². The molecule has 13 heteroatoms. The van der Waals surface area contributed by atoms with Crippen molar-refractivity contribution in [3.8, 4) is 17.2 Å². The second-order valence-electron chi connectivity index (χ2n) is 7.19. The van der Waals surface area contributed by atoms with Crippen molar-refractivity contribution in [3.63, 3.8) is 0 Å². The molecule has 35 heavy (non-hydrogen) atoms. The van der Waals surface area contributed by atoms with E-state index in [4.69, 9.17) is 35.3 Å². The lowest BCUT2D eigenvalue weighted by atomic mass is 10.1. The van der Waals surface area contributed by atoms with Crippen LogP contribution in [0.15, 0.2) is 35.2 Å². The van der Waals surface area contributed by atoms with Crippen molar-refractivity contribution in [2.75, 3.05) is 59.6 Å². The molecule has 1 aliphatic heterocycles. The second-order valence-corrected chi connectivity index (χ2v) is 9.54. The average molecular weight is 529 g/mol. The summed E-state index contributed by atoms with van der Waals surface area (Å²) in [5, 5.41) is 2.58. The zero-order valence-corrected chi connectivity index (χ0v) is 20.9. The third-order valence-corrected chi connectivity index (χ3v) is 7.26. The summed E-state index contributed by atoms with van der Waals surface area (Å²) in [6.45, 7) is 0.677. The van der Waals surface area contributed by atoms with E-state index in [1.165, 1.54) is 56.0 Å². The first kappa shape index (κ1) is 26.5. The predicted octanol–water partition coefficient (Wildman–Crippen LogP) is 2.18. The molecule has 0 spiro atoms. The van der Waals surface area contributed by atoms with E-state index in [-0.39, 0.29) is 51.5 Å². The Balaban J connectivity index is 1.72. The molecule has 11 nitrogen and oxygen atoms in total. The van der Waals surface area contributed by atoms with Crippen LogP contribution < -0.4 is 19.5 Å². The number of esters is 1. The summed E-state index contributed by atoms with van der Waals surface area (Å²) >= 11 is 6.22. The molecule has 0 radical (unpaired) electrons. The van der Waals surface area contributed by atoms with Gasteiger partial charge in [0.25, 0.3) is 5.91 Å². The SMILES string of the molecule is COC(=O)c1cc(OC)c(OC)cc1NC(=O)COc1ccc(S(=O)(=O)N2CCOCC2)cc1Cl. The van der Waals surface area contributed by atoms with Gasteiger partial charge in [0.1, 0.15) is 5.75 Å². The zero-order chi connectivity index (χ0) is 25.6. The molecule has 0 aromatic heterocycles. The molecule has 1 saturated heterocycles. The van der Waals surface area contributed by atoms with Crippen LogP contribution >= 0.6 is 11.6 Å². The van der Waals surface area contributed by atoms with Crippen molar-refractivity contribution in [2.24, 2.45) is 0 Å². The lowest BCUT2D eigenvalue weighted by Crippen LogP contribution is -2.40. The summed E-state index contributed by atoms with van der Waals surface area (Å²) in [4.78, 5) is 24.7. The number of methoxy groups -OCH3 is 3. The van der Waals surface area contributed by atoms with Gasteiger partial charge in [-0.3, -0.25) is 4.79 Å². The van der Waals surface area contributed by atoms with Crippen LogP contribution in [0.3, 0.4) is 0 Å². The van der Waals surface area contributed by atoms with E-state index in [1.807, 2.05) is 0 Å². The number of carbonyl (C=O) groups is 2. The number of morpholine rings is 1. The molecule has 2 aromatic rings. The standard InChI is InChI=1S/C22H25ClN2O9S/c1-30-19-11-15(22(27)32-3)17(12-20(19)31-2)24-21(26)13-34-18-5-4-14(10-16(18)23)35(28,29)25-6-8-33-9-7-25/h4-5,10-12H,6-9,13H2,1-3H3,(H,24,26). The van der Waals surface area contributed by atoms with Gasteiger partial charge in [0.15, 0.2) is 18.1 Å². The van der Waals surface area contributed by atoms with Gasteiger partial charge in [0, 0.05) is 25.2 Å². The summed E-state index contributed by atoms with van der Waals surface area (Å²) in [6, 6.07) is 6.79. The van der Waals surface area contributed by atoms with E-state index in [9.17, 15) is 18.0 Å². The highest BCUT2D eigenvalue weighted by Crippen LogP contribution is 2.34. The molecule has 1 aliphatic rings. The molecule has 1 heterocycles. The van der Waals surface area contributed by atoms with Gasteiger partial charge in [-0.1, -0.05) is 11.6 Å². The van der Waals surface area contributed by atoms with Crippen molar-refractivity contribution in [3.05, 3.63) is 40.9 Å². The van der Waals surface area contributed by atoms with Crippen molar-refractivity contribution in [1.82, 2.24) is 4.31 Å². The van der Waals surface area contributed by atoms with Gasteiger partial charge in [0.05, 0.1) is 55.7 Å². The Bertz CT molecular complexity index is 1200. The van der Waals surface area contributed by atoms with Crippen LogP contribution in [0.25, 0.3) is 0 Å². The number of sulfonamides is 1. The molecule has 1 amide bonds. The molecular formula is C22H25ClN2O9S. The van der Waals surface area contributed by atoms with E-state index in [1.54, 1.807) is 0 Å². The fraction of sp³-hybridized carbons (Fsp3) is 0.364. The molecule has 0 atom stereocenters. The van der Waals surface area contributed by atoms with Crippen LogP contribution in [0.4, 0.5) is 5.69 Å². The fourth-order valence-electron chi connectivity index (χ4n) is 3.29. The summed E-state index contributed by atoms with van der Waals surface area (Å²) in [6.07, 6.45) is 0. The first-order valence-corrected chi connectivity index (χ1v) is 12.2. The van der Waals surface area contributed by atoms with E-state index < -0.39 is 28.5 Å². The van der Waals surface area contributed by atoms with Crippen LogP contribution in [-0.4, -0.2) is 78.8 Å².